The summed E-state index contributed by atoms with van der Waals surface area (Å²) in [6, 6.07) is 3.93. The summed E-state index contributed by atoms with van der Waals surface area (Å²) in [5.41, 5.74) is 0.966. The van der Waals surface area contributed by atoms with Gasteiger partial charge in [-0.2, -0.15) is 0 Å². The van der Waals surface area contributed by atoms with Gasteiger partial charge >= 0.3 is 6.03 Å². The molecule has 1 aliphatic carbocycles. The molecule has 1 fully saturated rings. The number of nitrogens with one attached hydrogen (secondary N) is 1. The van der Waals surface area contributed by atoms with Crippen LogP contribution in [0.3, 0.4) is 0 Å². The number of furan rings is 1. The summed E-state index contributed by atoms with van der Waals surface area (Å²) in [6.07, 6.45) is 5.55. The lowest BCUT2D eigenvalue weighted by Crippen LogP contribution is -2.42. The van der Waals surface area contributed by atoms with E-state index in [0.29, 0.717) is 12.6 Å². The topological polar surface area (TPSA) is 66.5 Å². The Balaban J connectivity index is 1.66. The van der Waals surface area contributed by atoms with Crippen LogP contribution in [-0.4, -0.2) is 40.6 Å². The first-order valence-corrected chi connectivity index (χ1v) is 8.26. The molecule has 0 bridgehead atoms. The van der Waals surface area contributed by atoms with Gasteiger partial charge in [0.05, 0.1) is 30.7 Å². The van der Waals surface area contributed by atoms with E-state index >= 15 is 0 Å². The van der Waals surface area contributed by atoms with Crippen molar-refractivity contribution in [3.63, 3.8) is 0 Å². The number of hydrogen-bond donors (Lipinski definition) is 1. The van der Waals surface area contributed by atoms with Crippen LogP contribution in [0.4, 0.5) is 10.7 Å². The van der Waals surface area contributed by atoms with Crippen molar-refractivity contribution in [3.05, 3.63) is 36.0 Å². The second kappa shape index (κ2) is 6.59. The van der Waals surface area contributed by atoms with Crippen molar-refractivity contribution in [2.45, 2.75) is 38.4 Å². The van der Waals surface area contributed by atoms with Gasteiger partial charge in [0.15, 0.2) is 0 Å². The minimum absolute atomic E-state index is 0.0611. The molecule has 0 aliphatic heterocycles. The SMILES string of the molecule is C[C@@H](c1ccco1)N(C(=O)NCc1cnc(N(C)C)n1C)C1CC1. The summed E-state index contributed by atoms with van der Waals surface area (Å²) in [5.74, 6) is 1.68. The number of carbonyl (C=O) groups excluding carboxylic acids is 1. The fraction of sp³-hybridized carbons (Fsp3) is 0.529. The second-order valence-corrected chi connectivity index (χ2v) is 6.49. The standard InChI is InChI=1S/C17H25N5O2/c1-12(15-6-5-9-24-15)22(13-7-8-13)17(23)19-11-14-10-18-16(20(2)3)21(14)4/h5-6,9-10,12-13H,7-8,11H2,1-4H3,(H,19,23)/t12-/m0/s1. The molecule has 1 atom stereocenters. The van der Waals surface area contributed by atoms with E-state index in [2.05, 4.69) is 10.3 Å². The Labute approximate surface area is 142 Å². The van der Waals surface area contributed by atoms with E-state index in [-0.39, 0.29) is 12.1 Å². The molecule has 2 amide bonds. The van der Waals surface area contributed by atoms with E-state index in [4.69, 9.17) is 4.42 Å². The van der Waals surface area contributed by atoms with Gasteiger partial charge in [-0.1, -0.05) is 0 Å². The van der Waals surface area contributed by atoms with Gasteiger partial charge in [-0.25, -0.2) is 9.78 Å². The normalized spacial score (nSPS) is 15.2. The number of nitrogens with zero attached hydrogens (tertiary/aromatic N) is 4. The van der Waals surface area contributed by atoms with Crippen LogP contribution in [0.25, 0.3) is 0 Å². The molecule has 1 aliphatic rings. The van der Waals surface area contributed by atoms with E-state index in [0.717, 1.165) is 30.2 Å². The summed E-state index contributed by atoms with van der Waals surface area (Å²) in [4.78, 5) is 20.9. The predicted molar refractivity (Wildman–Crippen MR) is 91.8 cm³/mol. The van der Waals surface area contributed by atoms with Crippen molar-refractivity contribution in [2.75, 3.05) is 19.0 Å². The van der Waals surface area contributed by atoms with Crippen molar-refractivity contribution in [3.8, 4) is 0 Å². The van der Waals surface area contributed by atoms with E-state index < -0.39 is 0 Å². The molecule has 24 heavy (non-hydrogen) atoms. The lowest BCUT2D eigenvalue weighted by molar-refractivity contribution is 0.165. The maximum atomic E-state index is 12.7. The van der Waals surface area contributed by atoms with Crippen molar-refractivity contribution < 1.29 is 9.21 Å². The first-order valence-electron chi connectivity index (χ1n) is 8.26. The van der Waals surface area contributed by atoms with Crippen molar-refractivity contribution >= 4 is 12.0 Å². The van der Waals surface area contributed by atoms with E-state index in [1.165, 1.54) is 0 Å². The molecule has 130 valence electrons. The first-order chi connectivity index (χ1) is 11.5. The Hall–Kier alpha value is -2.44. The molecule has 3 rings (SSSR count). The minimum Gasteiger partial charge on any atom is -0.467 e. The highest BCUT2D eigenvalue weighted by atomic mass is 16.3. The molecule has 2 heterocycles. The zero-order chi connectivity index (χ0) is 17.3. The number of hydrogen-bond acceptors (Lipinski definition) is 4. The molecule has 0 saturated heterocycles. The summed E-state index contributed by atoms with van der Waals surface area (Å²) in [5, 5.41) is 3.02. The highest BCUT2D eigenvalue weighted by Crippen LogP contribution is 2.34. The van der Waals surface area contributed by atoms with Crippen LogP contribution >= 0.6 is 0 Å². The van der Waals surface area contributed by atoms with Crippen LogP contribution in [0, 0.1) is 0 Å². The summed E-state index contributed by atoms with van der Waals surface area (Å²) in [7, 11) is 5.85. The van der Waals surface area contributed by atoms with Gasteiger partial charge in [0.2, 0.25) is 5.95 Å². The molecule has 0 spiro atoms. The molecular formula is C17H25N5O2. The third-order valence-corrected chi connectivity index (χ3v) is 4.43. The zero-order valence-corrected chi connectivity index (χ0v) is 14.7. The third-order valence-electron chi connectivity index (χ3n) is 4.43. The smallest absolute Gasteiger partial charge is 0.318 e. The van der Waals surface area contributed by atoms with Crippen LogP contribution in [0.1, 0.15) is 37.3 Å². The summed E-state index contributed by atoms with van der Waals surface area (Å²) < 4.78 is 7.46. The Morgan fingerprint density at radius 3 is 2.79 bits per heavy atom. The van der Waals surface area contributed by atoms with E-state index in [9.17, 15) is 4.79 Å². The first kappa shape index (κ1) is 16.4. The molecule has 2 aromatic heterocycles. The van der Waals surface area contributed by atoms with E-state index in [1.54, 1.807) is 12.5 Å². The molecular weight excluding hydrogens is 306 g/mol. The summed E-state index contributed by atoms with van der Waals surface area (Å²) in [6.45, 7) is 2.45. The number of imidazole rings is 1. The van der Waals surface area contributed by atoms with Gasteiger partial charge in [-0.15, -0.1) is 0 Å². The Morgan fingerprint density at radius 2 is 2.25 bits per heavy atom. The van der Waals surface area contributed by atoms with Gasteiger partial charge in [0.25, 0.3) is 0 Å². The largest absolute Gasteiger partial charge is 0.467 e. The Kier molecular flexibility index (Phi) is 4.51. The molecule has 7 heteroatoms. The Morgan fingerprint density at radius 1 is 1.50 bits per heavy atom. The lowest BCUT2D eigenvalue weighted by atomic mass is 10.2. The number of urea groups is 1. The van der Waals surface area contributed by atoms with Crippen molar-refractivity contribution in [1.82, 2.24) is 19.8 Å². The number of aromatic nitrogens is 2. The third kappa shape index (κ3) is 3.25. The van der Waals surface area contributed by atoms with Gasteiger partial charge in [0, 0.05) is 27.2 Å². The van der Waals surface area contributed by atoms with E-state index in [1.807, 2.05) is 54.6 Å². The maximum absolute atomic E-state index is 12.7. The minimum atomic E-state index is -0.0728. The van der Waals surface area contributed by atoms with Crippen LogP contribution < -0.4 is 10.2 Å². The number of amides is 2. The van der Waals surface area contributed by atoms with Gasteiger partial charge in [-0.3, -0.25) is 0 Å². The van der Waals surface area contributed by atoms with Gasteiger partial charge in [-0.05, 0) is 31.9 Å². The average molecular weight is 331 g/mol. The maximum Gasteiger partial charge on any atom is 0.318 e. The molecule has 1 saturated carbocycles. The monoisotopic (exact) mass is 331 g/mol. The number of carbonyl (C=O) groups is 1. The second-order valence-electron chi connectivity index (χ2n) is 6.49. The van der Waals surface area contributed by atoms with Crippen molar-refractivity contribution in [1.29, 1.82) is 0 Å². The summed E-state index contributed by atoms with van der Waals surface area (Å²) >= 11 is 0. The van der Waals surface area contributed by atoms with Gasteiger partial charge in [0.1, 0.15) is 5.76 Å². The lowest BCUT2D eigenvalue weighted by Gasteiger charge is -2.28. The Bertz CT molecular complexity index is 688. The average Bonchev–Trinajstić information content (AvgIpc) is 3.08. The fourth-order valence-corrected chi connectivity index (χ4v) is 2.95. The highest BCUT2D eigenvalue weighted by molar-refractivity contribution is 5.75. The molecule has 7 nitrogen and oxygen atoms in total. The van der Waals surface area contributed by atoms with Crippen molar-refractivity contribution in [2.24, 2.45) is 7.05 Å². The van der Waals surface area contributed by atoms with Crippen LogP contribution in [0.15, 0.2) is 29.0 Å². The van der Waals surface area contributed by atoms with Crippen LogP contribution in [-0.2, 0) is 13.6 Å². The zero-order valence-electron chi connectivity index (χ0n) is 14.7. The molecule has 0 radical (unpaired) electrons. The quantitative estimate of drug-likeness (QED) is 0.883. The number of anilines is 1. The molecule has 0 aromatic carbocycles. The number of rotatable bonds is 6. The predicted octanol–water partition coefficient (Wildman–Crippen LogP) is 2.51. The molecule has 0 unspecified atom stereocenters. The van der Waals surface area contributed by atoms with Crippen LogP contribution in [0.5, 0.6) is 0 Å². The fourth-order valence-electron chi connectivity index (χ4n) is 2.95. The molecule has 2 aromatic rings. The molecule has 1 N–H and O–H groups in total. The van der Waals surface area contributed by atoms with Crippen LogP contribution in [0.2, 0.25) is 0 Å². The highest BCUT2D eigenvalue weighted by Gasteiger charge is 2.37. The van der Waals surface area contributed by atoms with Gasteiger partial charge < -0.3 is 24.1 Å².